The SMILES string of the molecule is NC(=O)[C@@H](N)Cc1cnc[nH]1.S. The van der Waals surface area contributed by atoms with Gasteiger partial charge in [0.15, 0.2) is 0 Å². The Bertz CT molecular complexity index is 236. The van der Waals surface area contributed by atoms with E-state index < -0.39 is 11.9 Å². The Hall–Kier alpha value is -1.01. The number of H-pyrrole nitrogens is 1. The van der Waals surface area contributed by atoms with Crippen LogP contribution in [-0.2, 0) is 11.2 Å². The van der Waals surface area contributed by atoms with Crippen LogP contribution in [-0.4, -0.2) is 21.9 Å². The van der Waals surface area contributed by atoms with E-state index in [1.807, 2.05) is 0 Å². The van der Waals surface area contributed by atoms with E-state index in [0.717, 1.165) is 5.69 Å². The first-order valence-corrected chi connectivity index (χ1v) is 3.22. The average molecular weight is 188 g/mol. The lowest BCUT2D eigenvalue weighted by Gasteiger charge is -2.03. The third kappa shape index (κ3) is 2.93. The van der Waals surface area contributed by atoms with Gasteiger partial charge < -0.3 is 16.5 Å². The van der Waals surface area contributed by atoms with Gasteiger partial charge in [0, 0.05) is 18.3 Å². The first-order valence-electron chi connectivity index (χ1n) is 3.22. The summed E-state index contributed by atoms with van der Waals surface area (Å²) in [5, 5.41) is 0. The monoisotopic (exact) mass is 188 g/mol. The summed E-state index contributed by atoms with van der Waals surface area (Å²) in [5.74, 6) is -0.500. The van der Waals surface area contributed by atoms with Crippen molar-refractivity contribution in [1.82, 2.24) is 9.97 Å². The Morgan fingerprint density at radius 3 is 2.83 bits per heavy atom. The van der Waals surface area contributed by atoms with Crippen molar-refractivity contribution in [2.24, 2.45) is 11.5 Å². The standard InChI is InChI=1S/C6H10N4O.H2S/c7-5(6(8)11)1-4-2-9-3-10-4;/h2-3,5H,1,7H2,(H2,8,11)(H,9,10);1H2/t5-;/m0./s1. The molecule has 0 aliphatic rings. The molecule has 0 aromatic carbocycles. The number of rotatable bonds is 3. The highest BCUT2D eigenvalue weighted by molar-refractivity contribution is 7.59. The van der Waals surface area contributed by atoms with Crippen molar-refractivity contribution in [1.29, 1.82) is 0 Å². The summed E-state index contributed by atoms with van der Waals surface area (Å²) in [6.45, 7) is 0. The second-order valence-corrected chi connectivity index (χ2v) is 2.29. The molecular formula is C6H12N4OS. The Morgan fingerprint density at radius 1 is 1.75 bits per heavy atom. The van der Waals surface area contributed by atoms with Crippen LogP contribution in [0.15, 0.2) is 12.5 Å². The predicted octanol–water partition coefficient (Wildman–Crippen LogP) is -1.12. The Labute approximate surface area is 77.0 Å². The van der Waals surface area contributed by atoms with Crippen molar-refractivity contribution in [3.05, 3.63) is 18.2 Å². The van der Waals surface area contributed by atoms with Crippen LogP contribution in [0.5, 0.6) is 0 Å². The molecule has 0 spiro atoms. The highest BCUT2D eigenvalue weighted by atomic mass is 32.1. The number of hydrogen-bond acceptors (Lipinski definition) is 3. The number of imidazole rings is 1. The van der Waals surface area contributed by atoms with Crippen LogP contribution in [0.2, 0.25) is 0 Å². The molecule has 0 bridgehead atoms. The molecule has 5 N–H and O–H groups in total. The van der Waals surface area contributed by atoms with E-state index in [2.05, 4.69) is 9.97 Å². The summed E-state index contributed by atoms with van der Waals surface area (Å²) in [5.41, 5.74) is 11.2. The molecule has 5 nitrogen and oxygen atoms in total. The summed E-state index contributed by atoms with van der Waals surface area (Å²) in [7, 11) is 0. The second-order valence-electron chi connectivity index (χ2n) is 2.29. The van der Waals surface area contributed by atoms with Crippen molar-refractivity contribution in [2.75, 3.05) is 0 Å². The number of aromatic amines is 1. The lowest BCUT2D eigenvalue weighted by Crippen LogP contribution is -2.38. The highest BCUT2D eigenvalue weighted by Crippen LogP contribution is 1.94. The first-order chi connectivity index (χ1) is 5.20. The van der Waals surface area contributed by atoms with Crippen molar-refractivity contribution in [3.63, 3.8) is 0 Å². The van der Waals surface area contributed by atoms with Crippen LogP contribution in [0.1, 0.15) is 5.69 Å². The molecule has 1 aromatic rings. The molecule has 1 amide bonds. The van der Waals surface area contributed by atoms with E-state index in [1.165, 1.54) is 6.33 Å². The number of aromatic nitrogens is 2. The molecule has 0 radical (unpaired) electrons. The number of hydrogen-bond donors (Lipinski definition) is 3. The van der Waals surface area contributed by atoms with Gasteiger partial charge >= 0.3 is 0 Å². The summed E-state index contributed by atoms with van der Waals surface area (Å²) < 4.78 is 0. The van der Waals surface area contributed by atoms with Gasteiger partial charge in [-0.05, 0) is 0 Å². The van der Waals surface area contributed by atoms with Gasteiger partial charge in [-0.1, -0.05) is 0 Å². The first kappa shape index (κ1) is 11.0. The van der Waals surface area contributed by atoms with Gasteiger partial charge in [-0.25, -0.2) is 4.98 Å². The molecule has 1 rings (SSSR count). The summed E-state index contributed by atoms with van der Waals surface area (Å²) in [6.07, 6.45) is 3.56. The topological polar surface area (TPSA) is 97.8 Å². The molecule has 6 heteroatoms. The number of nitrogens with one attached hydrogen (secondary N) is 1. The van der Waals surface area contributed by atoms with Crippen LogP contribution in [0, 0.1) is 0 Å². The molecule has 68 valence electrons. The van der Waals surface area contributed by atoms with E-state index in [-0.39, 0.29) is 13.5 Å². The van der Waals surface area contributed by atoms with Crippen molar-refractivity contribution in [2.45, 2.75) is 12.5 Å². The molecule has 1 atom stereocenters. The van der Waals surface area contributed by atoms with Gasteiger partial charge in [0.05, 0.1) is 12.4 Å². The van der Waals surface area contributed by atoms with Crippen LogP contribution in [0.4, 0.5) is 0 Å². The number of primary amides is 1. The van der Waals surface area contributed by atoms with Gasteiger partial charge in [0.1, 0.15) is 0 Å². The minimum absolute atomic E-state index is 0. The molecule has 0 saturated heterocycles. The molecular weight excluding hydrogens is 176 g/mol. The zero-order chi connectivity index (χ0) is 8.27. The zero-order valence-corrected chi connectivity index (χ0v) is 7.45. The lowest BCUT2D eigenvalue weighted by molar-refractivity contribution is -0.119. The number of carbonyl (C=O) groups is 1. The molecule has 1 aromatic heterocycles. The quantitative estimate of drug-likeness (QED) is 0.560. The predicted molar refractivity (Wildman–Crippen MR) is 49.8 cm³/mol. The molecule has 0 aliphatic heterocycles. The van der Waals surface area contributed by atoms with Gasteiger partial charge in [-0.15, -0.1) is 0 Å². The minimum atomic E-state index is -0.629. The highest BCUT2D eigenvalue weighted by Gasteiger charge is 2.09. The maximum atomic E-state index is 10.5. The van der Waals surface area contributed by atoms with Gasteiger partial charge in [-0.3, -0.25) is 4.79 Å². The van der Waals surface area contributed by atoms with Gasteiger partial charge in [-0.2, -0.15) is 13.5 Å². The Morgan fingerprint density at radius 2 is 2.42 bits per heavy atom. The molecule has 0 aliphatic carbocycles. The Kier molecular flexibility index (Phi) is 4.38. The normalized spacial score (nSPS) is 11.8. The van der Waals surface area contributed by atoms with Crippen LogP contribution in [0.3, 0.4) is 0 Å². The van der Waals surface area contributed by atoms with Gasteiger partial charge in [0.2, 0.25) is 5.91 Å². The largest absolute Gasteiger partial charge is 0.368 e. The number of amides is 1. The molecule has 0 saturated carbocycles. The third-order valence-electron chi connectivity index (χ3n) is 1.36. The summed E-state index contributed by atoms with van der Waals surface area (Å²) in [6, 6.07) is -0.629. The number of nitrogens with two attached hydrogens (primary N) is 2. The third-order valence-corrected chi connectivity index (χ3v) is 1.36. The molecule has 1 heterocycles. The molecule has 0 fully saturated rings. The maximum Gasteiger partial charge on any atom is 0.234 e. The smallest absolute Gasteiger partial charge is 0.234 e. The average Bonchev–Trinajstić information content (AvgIpc) is 2.39. The summed E-state index contributed by atoms with van der Waals surface area (Å²) >= 11 is 0. The summed E-state index contributed by atoms with van der Waals surface area (Å²) in [4.78, 5) is 17.1. The van der Waals surface area contributed by atoms with E-state index in [4.69, 9.17) is 11.5 Å². The van der Waals surface area contributed by atoms with Crippen molar-refractivity contribution >= 4 is 19.4 Å². The molecule has 12 heavy (non-hydrogen) atoms. The second kappa shape index (κ2) is 4.78. The fourth-order valence-corrected chi connectivity index (χ4v) is 0.734. The van der Waals surface area contributed by atoms with E-state index in [0.29, 0.717) is 6.42 Å². The van der Waals surface area contributed by atoms with Crippen LogP contribution in [0.25, 0.3) is 0 Å². The fourth-order valence-electron chi connectivity index (χ4n) is 0.734. The zero-order valence-electron chi connectivity index (χ0n) is 6.45. The van der Waals surface area contributed by atoms with E-state index in [9.17, 15) is 4.79 Å². The van der Waals surface area contributed by atoms with Crippen molar-refractivity contribution in [3.8, 4) is 0 Å². The minimum Gasteiger partial charge on any atom is -0.368 e. The molecule has 0 unspecified atom stereocenters. The lowest BCUT2D eigenvalue weighted by atomic mass is 10.2. The van der Waals surface area contributed by atoms with Crippen LogP contribution < -0.4 is 11.5 Å². The van der Waals surface area contributed by atoms with Crippen molar-refractivity contribution < 1.29 is 4.79 Å². The number of carbonyl (C=O) groups excluding carboxylic acids is 1. The number of nitrogens with zero attached hydrogens (tertiary/aromatic N) is 1. The van der Waals surface area contributed by atoms with Crippen LogP contribution >= 0.6 is 13.5 Å². The van der Waals surface area contributed by atoms with Gasteiger partial charge in [0.25, 0.3) is 0 Å². The van der Waals surface area contributed by atoms with E-state index in [1.54, 1.807) is 6.20 Å². The Balaban J connectivity index is 0.00000121. The van der Waals surface area contributed by atoms with E-state index >= 15 is 0 Å². The fraction of sp³-hybridized carbons (Fsp3) is 0.333. The maximum absolute atomic E-state index is 10.5.